The zero-order valence-corrected chi connectivity index (χ0v) is 12.0. The lowest BCUT2D eigenvalue weighted by Crippen LogP contribution is -2.04. The number of hydrogen-bond donors (Lipinski definition) is 1. The maximum Gasteiger partial charge on any atom is 0.197 e. The minimum Gasteiger partial charge on any atom is -0.353 e. The van der Waals surface area contributed by atoms with Crippen LogP contribution in [0.5, 0.6) is 0 Å². The van der Waals surface area contributed by atoms with E-state index in [1.807, 2.05) is 12.1 Å². The Labute approximate surface area is 121 Å². The molecule has 0 radical (unpaired) electrons. The fraction of sp³-hybridized carbons (Fsp3) is 0. The predicted octanol–water partition coefficient (Wildman–Crippen LogP) is 4.75. The van der Waals surface area contributed by atoms with E-state index < -0.39 is 0 Å². The van der Waals surface area contributed by atoms with Crippen molar-refractivity contribution in [1.82, 2.24) is 4.98 Å². The van der Waals surface area contributed by atoms with E-state index in [9.17, 15) is 4.79 Å². The van der Waals surface area contributed by atoms with Crippen molar-refractivity contribution in [2.75, 3.05) is 0 Å². The Bertz CT molecular complexity index is 842. The number of aromatic nitrogens is 1. The van der Waals surface area contributed by atoms with Crippen molar-refractivity contribution in [2.24, 2.45) is 0 Å². The minimum atomic E-state index is -0.0511. The van der Waals surface area contributed by atoms with Crippen molar-refractivity contribution in [3.63, 3.8) is 0 Å². The lowest BCUT2D eigenvalue weighted by Gasteiger charge is -2.05. The van der Waals surface area contributed by atoms with Crippen LogP contribution in [0.4, 0.5) is 0 Å². The van der Waals surface area contributed by atoms with Crippen LogP contribution in [0.1, 0.15) is 0 Å². The third-order valence-electron chi connectivity index (χ3n) is 2.83. The van der Waals surface area contributed by atoms with E-state index in [1.165, 1.54) is 0 Å². The summed E-state index contributed by atoms with van der Waals surface area (Å²) in [6, 6.07) is 8.77. The van der Waals surface area contributed by atoms with Gasteiger partial charge in [-0.05, 0) is 30.3 Å². The van der Waals surface area contributed by atoms with E-state index in [-0.39, 0.29) is 5.43 Å². The maximum absolute atomic E-state index is 12.3. The second-order valence-electron chi connectivity index (χ2n) is 3.93. The molecule has 0 atom stereocenters. The first-order valence-corrected chi connectivity index (χ1v) is 6.72. The zero-order chi connectivity index (χ0) is 12.9. The van der Waals surface area contributed by atoms with Gasteiger partial charge in [0.1, 0.15) is 0 Å². The molecule has 3 rings (SSSR count). The first-order valence-electron chi connectivity index (χ1n) is 5.17. The molecule has 0 unspecified atom stereocenters. The number of H-pyrrole nitrogens is 1. The van der Waals surface area contributed by atoms with Crippen molar-refractivity contribution in [3.05, 3.63) is 55.1 Å². The van der Waals surface area contributed by atoms with Crippen LogP contribution in [0, 0.1) is 0 Å². The van der Waals surface area contributed by atoms with Crippen molar-refractivity contribution in [2.45, 2.75) is 0 Å². The smallest absolute Gasteiger partial charge is 0.197 e. The number of fused-ring (bicyclic) bond motifs is 2. The summed E-state index contributed by atoms with van der Waals surface area (Å²) in [6.07, 6.45) is 0. The number of rotatable bonds is 0. The average molecular weight is 343 g/mol. The van der Waals surface area contributed by atoms with Crippen LogP contribution in [0.2, 0.25) is 10.0 Å². The van der Waals surface area contributed by atoms with Crippen LogP contribution in [-0.4, -0.2) is 4.98 Å². The monoisotopic (exact) mass is 341 g/mol. The summed E-state index contributed by atoms with van der Waals surface area (Å²) in [7, 11) is 0. The Morgan fingerprint density at radius 2 is 1.78 bits per heavy atom. The van der Waals surface area contributed by atoms with Gasteiger partial charge in [-0.2, -0.15) is 0 Å². The summed E-state index contributed by atoms with van der Waals surface area (Å²) in [5.74, 6) is 0. The van der Waals surface area contributed by atoms with Crippen LogP contribution >= 0.6 is 39.1 Å². The molecule has 2 aromatic carbocycles. The summed E-state index contributed by atoms with van der Waals surface area (Å²) in [5, 5.41) is 1.96. The molecule has 0 aliphatic heterocycles. The summed E-state index contributed by atoms with van der Waals surface area (Å²) in [5.41, 5.74) is 1.25. The highest BCUT2D eigenvalue weighted by atomic mass is 79.9. The van der Waals surface area contributed by atoms with Gasteiger partial charge in [0.25, 0.3) is 0 Å². The van der Waals surface area contributed by atoms with Crippen molar-refractivity contribution in [3.8, 4) is 0 Å². The second-order valence-corrected chi connectivity index (χ2v) is 5.63. The Hall–Kier alpha value is -1.03. The zero-order valence-electron chi connectivity index (χ0n) is 8.93. The molecule has 0 amide bonds. The molecular formula is C13H6BrCl2NO. The molecule has 90 valence electrons. The van der Waals surface area contributed by atoms with Crippen molar-refractivity contribution in [1.29, 1.82) is 0 Å². The van der Waals surface area contributed by atoms with E-state index in [0.29, 0.717) is 26.3 Å². The molecule has 0 bridgehead atoms. The Morgan fingerprint density at radius 1 is 1.06 bits per heavy atom. The van der Waals surface area contributed by atoms with Gasteiger partial charge >= 0.3 is 0 Å². The van der Waals surface area contributed by atoms with Crippen LogP contribution in [0.3, 0.4) is 0 Å². The van der Waals surface area contributed by atoms with E-state index in [4.69, 9.17) is 23.2 Å². The average Bonchev–Trinajstić information content (AvgIpc) is 2.34. The number of halogens is 3. The first kappa shape index (κ1) is 12.0. The van der Waals surface area contributed by atoms with Gasteiger partial charge in [0, 0.05) is 15.2 Å². The van der Waals surface area contributed by atoms with Crippen LogP contribution < -0.4 is 5.43 Å². The Morgan fingerprint density at radius 3 is 2.56 bits per heavy atom. The fourth-order valence-corrected chi connectivity index (χ4v) is 2.69. The first-order chi connectivity index (χ1) is 8.58. The van der Waals surface area contributed by atoms with Crippen molar-refractivity contribution >= 4 is 60.9 Å². The Balaban J connectivity index is 2.61. The molecular weight excluding hydrogens is 337 g/mol. The molecule has 0 spiro atoms. The number of aromatic amines is 1. The molecule has 0 aliphatic rings. The largest absolute Gasteiger partial charge is 0.353 e. The van der Waals surface area contributed by atoms with Gasteiger partial charge in [0.15, 0.2) is 5.43 Å². The molecule has 1 heterocycles. The highest BCUT2D eigenvalue weighted by molar-refractivity contribution is 9.10. The summed E-state index contributed by atoms with van der Waals surface area (Å²) in [4.78, 5) is 15.5. The molecule has 2 nitrogen and oxygen atoms in total. The van der Waals surface area contributed by atoms with Crippen LogP contribution in [-0.2, 0) is 0 Å². The molecule has 3 aromatic rings. The number of nitrogens with one attached hydrogen (secondary N) is 1. The topological polar surface area (TPSA) is 32.9 Å². The molecule has 5 heteroatoms. The van der Waals surface area contributed by atoms with Gasteiger partial charge in [0.2, 0.25) is 0 Å². The van der Waals surface area contributed by atoms with Gasteiger partial charge in [-0.25, -0.2) is 0 Å². The van der Waals surface area contributed by atoms with Crippen LogP contribution in [0.15, 0.2) is 39.6 Å². The molecule has 18 heavy (non-hydrogen) atoms. The van der Waals surface area contributed by atoms with E-state index in [1.54, 1.807) is 18.2 Å². The summed E-state index contributed by atoms with van der Waals surface area (Å²) in [6.45, 7) is 0. The molecule has 0 aliphatic carbocycles. The standard InChI is InChI=1S/C13H6BrCl2NO/c14-6-1-2-7-10(5-6)17-12-8(13(7)18)3-4-9(15)11(12)16/h1-5H,(H,17,18). The van der Waals surface area contributed by atoms with Gasteiger partial charge in [0.05, 0.1) is 21.1 Å². The van der Waals surface area contributed by atoms with E-state index in [0.717, 1.165) is 9.99 Å². The van der Waals surface area contributed by atoms with Gasteiger partial charge in [-0.1, -0.05) is 39.1 Å². The second kappa shape index (κ2) is 4.26. The number of benzene rings is 2. The Kier molecular flexibility index (Phi) is 2.85. The molecule has 0 saturated carbocycles. The molecule has 0 saturated heterocycles. The quantitative estimate of drug-likeness (QED) is 0.587. The van der Waals surface area contributed by atoms with Gasteiger partial charge in [-0.15, -0.1) is 0 Å². The van der Waals surface area contributed by atoms with E-state index >= 15 is 0 Å². The SMILES string of the molecule is O=c1c2ccc(Br)cc2[nH]c2c(Cl)c(Cl)ccc12. The normalized spacial score (nSPS) is 11.3. The molecule has 1 aromatic heterocycles. The third kappa shape index (κ3) is 1.74. The van der Waals surface area contributed by atoms with Gasteiger partial charge in [-0.3, -0.25) is 4.79 Å². The van der Waals surface area contributed by atoms with E-state index in [2.05, 4.69) is 20.9 Å². The third-order valence-corrected chi connectivity index (χ3v) is 4.12. The predicted molar refractivity (Wildman–Crippen MR) is 79.8 cm³/mol. The highest BCUT2D eigenvalue weighted by Gasteiger charge is 2.10. The summed E-state index contributed by atoms with van der Waals surface area (Å²) >= 11 is 15.5. The van der Waals surface area contributed by atoms with Crippen LogP contribution in [0.25, 0.3) is 21.8 Å². The molecule has 0 fully saturated rings. The highest BCUT2D eigenvalue weighted by Crippen LogP contribution is 2.29. The maximum atomic E-state index is 12.3. The van der Waals surface area contributed by atoms with Gasteiger partial charge < -0.3 is 4.98 Å². The summed E-state index contributed by atoms with van der Waals surface area (Å²) < 4.78 is 0.892. The minimum absolute atomic E-state index is 0.0511. The number of pyridine rings is 1. The number of hydrogen-bond acceptors (Lipinski definition) is 1. The van der Waals surface area contributed by atoms with Crippen molar-refractivity contribution < 1.29 is 0 Å². The molecule has 1 N–H and O–H groups in total. The lowest BCUT2D eigenvalue weighted by molar-refractivity contribution is 1.47. The fourth-order valence-electron chi connectivity index (χ4n) is 1.96. The lowest BCUT2D eigenvalue weighted by atomic mass is 10.1.